The SMILES string of the molecule is O=C1CN(S(=O)(=O)c2ccc(C(=O)O[C@@H]3CCC[C@H]3n3cccn3)cc2)CCN1. The van der Waals surface area contributed by atoms with Crippen LogP contribution in [0.5, 0.6) is 0 Å². The van der Waals surface area contributed by atoms with Crippen molar-refractivity contribution in [3.8, 4) is 0 Å². The van der Waals surface area contributed by atoms with E-state index in [1.54, 1.807) is 6.20 Å². The lowest BCUT2D eigenvalue weighted by Crippen LogP contribution is -2.49. The van der Waals surface area contributed by atoms with Gasteiger partial charge in [-0.1, -0.05) is 0 Å². The number of rotatable bonds is 5. The van der Waals surface area contributed by atoms with Crippen LogP contribution in [0.4, 0.5) is 0 Å². The van der Waals surface area contributed by atoms with Gasteiger partial charge in [0.15, 0.2) is 0 Å². The molecule has 2 heterocycles. The number of ether oxygens (including phenoxy) is 1. The maximum atomic E-state index is 12.7. The molecule has 10 heteroatoms. The molecule has 1 saturated carbocycles. The van der Waals surface area contributed by atoms with Crippen molar-refractivity contribution >= 4 is 21.9 Å². The first-order valence-electron chi connectivity index (χ1n) is 9.52. The summed E-state index contributed by atoms with van der Waals surface area (Å²) in [6.07, 6.45) is 5.89. The molecule has 2 aromatic rings. The normalized spacial score (nSPS) is 23.0. The van der Waals surface area contributed by atoms with Crippen LogP contribution in [0.3, 0.4) is 0 Å². The molecule has 4 rings (SSSR count). The summed E-state index contributed by atoms with van der Waals surface area (Å²) in [5, 5.41) is 6.84. The molecule has 0 spiro atoms. The van der Waals surface area contributed by atoms with Crippen molar-refractivity contribution in [3.63, 3.8) is 0 Å². The van der Waals surface area contributed by atoms with Gasteiger partial charge in [-0.15, -0.1) is 0 Å². The molecule has 9 nitrogen and oxygen atoms in total. The molecule has 1 amide bonds. The molecule has 2 fully saturated rings. The largest absolute Gasteiger partial charge is 0.457 e. The van der Waals surface area contributed by atoms with Gasteiger partial charge >= 0.3 is 5.97 Å². The summed E-state index contributed by atoms with van der Waals surface area (Å²) in [5.41, 5.74) is 0.284. The van der Waals surface area contributed by atoms with Crippen molar-refractivity contribution in [2.75, 3.05) is 19.6 Å². The number of hydrogen-bond acceptors (Lipinski definition) is 6. The summed E-state index contributed by atoms with van der Waals surface area (Å²) in [5.74, 6) is -0.821. The zero-order chi connectivity index (χ0) is 20.4. The minimum Gasteiger partial charge on any atom is -0.457 e. The van der Waals surface area contributed by atoms with Crippen LogP contribution >= 0.6 is 0 Å². The van der Waals surface area contributed by atoms with Crippen LogP contribution in [-0.4, -0.2) is 60.1 Å². The highest BCUT2D eigenvalue weighted by Crippen LogP contribution is 2.32. The van der Waals surface area contributed by atoms with Crippen LogP contribution in [0.25, 0.3) is 0 Å². The van der Waals surface area contributed by atoms with Gasteiger partial charge in [0, 0.05) is 25.5 Å². The van der Waals surface area contributed by atoms with Crippen molar-refractivity contribution in [1.82, 2.24) is 19.4 Å². The molecular weight excluding hydrogens is 396 g/mol. The van der Waals surface area contributed by atoms with E-state index in [1.807, 2.05) is 16.9 Å². The van der Waals surface area contributed by atoms with Gasteiger partial charge < -0.3 is 10.1 Å². The Balaban J connectivity index is 1.45. The summed E-state index contributed by atoms with van der Waals surface area (Å²) in [7, 11) is -3.79. The molecular formula is C19H22N4O5S. The quantitative estimate of drug-likeness (QED) is 0.724. The van der Waals surface area contributed by atoms with Crippen LogP contribution in [0, 0.1) is 0 Å². The average Bonchev–Trinajstić information content (AvgIpc) is 3.39. The minimum atomic E-state index is -3.79. The Labute approximate surface area is 168 Å². The molecule has 0 unspecified atom stereocenters. The maximum Gasteiger partial charge on any atom is 0.338 e. The molecule has 1 N–H and O–H groups in total. The van der Waals surface area contributed by atoms with Gasteiger partial charge in [0.1, 0.15) is 6.10 Å². The Morgan fingerprint density at radius 3 is 2.69 bits per heavy atom. The fraction of sp³-hybridized carbons (Fsp3) is 0.421. The molecule has 154 valence electrons. The average molecular weight is 418 g/mol. The van der Waals surface area contributed by atoms with Gasteiger partial charge in [-0.25, -0.2) is 13.2 Å². The van der Waals surface area contributed by atoms with E-state index in [0.29, 0.717) is 0 Å². The van der Waals surface area contributed by atoms with E-state index in [1.165, 1.54) is 24.3 Å². The molecule has 2 aliphatic rings. The second kappa shape index (κ2) is 7.96. The van der Waals surface area contributed by atoms with E-state index in [2.05, 4.69) is 10.4 Å². The molecule has 0 radical (unpaired) electrons. The first-order chi connectivity index (χ1) is 13.9. The van der Waals surface area contributed by atoms with Crippen LogP contribution in [0.1, 0.15) is 35.7 Å². The van der Waals surface area contributed by atoms with E-state index in [-0.39, 0.29) is 48.1 Å². The lowest BCUT2D eigenvalue weighted by molar-refractivity contribution is -0.122. The number of carbonyl (C=O) groups is 2. The number of esters is 1. The van der Waals surface area contributed by atoms with Gasteiger partial charge in [0.05, 0.1) is 23.0 Å². The molecule has 1 aliphatic carbocycles. The monoisotopic (exact) mass is 418 g/mol. The maximum absolute atomic E-state index is 12.7. The lowest BCUT2D eigenvalue weighted by Gasteiger charge is -2.26. The topological polar surface area (TPSA) is 111 Å². The van der Waals surface area contributed by atoms with Crippen molar-refractivity contribution in [2.45, 2.75) is 36.3 Å². The smallest absolute Gasteiger partial charge is 0.338 e. The minimum absolute atomic E-state index is 0.0128. The molecule has 29 heavy (non-hydrogen) atoms. The van der Waals surface area contributed by atoms with Crippen LogP contribution in [0.2, 0.25) is 0 Å². The number of piperazine rings is 1. The highest BCUT2D eigenvalue weighted by atomic mass is 32.2. The fourth-order valence-corrected chi connectivity index (χ4v) is 5.16. The second-order valence-electron chi connectivity index (χ2n) is 7.14. The number of nitrogens with one attached hydrogen (secondary N) is 1. The molecule has 1 aliphatic heterocycles. The Bertz CT molecular complexity index is 988. The van der Waals surface area contributed by atoms with Crippen molar-refractivity contribution in [3.05, 3.63) is 48.3 Å². The summed E-state index contributed by atoms with van der Waals surface area (Å²) in [4.78, 5) is 24.1. The third kappa shape index (κ3) is 4.03. The van der Waals surface area contributed by atoms with Crippen LogP contribution in [-0.2, 0) is 19.6 Å². The predicted octanol–water partition coefficient (Wildman–Crippen LogP) is 0.954. The number of nitrogens with zero attached hydrogens (tertiary/aromatic N) is 3. The van der Waals surface area contributed by atoms with Crippen LogP contribution < -0.4 is 5.32 Å². The zero-order valence-electron chi connectivity index (χ0n) is 15.7. The van der Waals surface area contributed by atoms with Crippen molar-refractivity contribution in [2.24, 2.45) is 0 Å². The molecule has 1 saturated heterocycles. The Morgan fingerprint density at radius 2 is 2.00 bits per heavy atom. The van der Waals surface area contributed by atoms with E-state index >= 15 is 0 Å². The zero-order valence-corrected chi connectivity index (χ0v) is 16.5. The number of hydrogen-bond donors (Lipinski definition) is 1. The standard InChI is InChI=1S/C19H22N4O5S/c24-18-13-22(12-10-20-18)29(26,27)15-7-5-14(6-8-15)19(25)28-17-4-1-3-16(17)23-11-2-9-21-23/h2,5-9,11,16-17H,1,3-4,10,12-13H2,(H,20,24)/t16-,17-/m1/s1. The third-order valence-corrected chi connectivity index (χ3v) is 7.13. The third-order valence-electron chi connectivity index (χ3n) is 5.27. The molecule has 1 aromatic heterocycles. The Morgan fingerprint density at radius 1 is 1.21 bits per heavy atom. The van der Waals surface area contributed by atoms with Crippen molar-refractivity contribution < 1.29 is 22.7 Å². The predicted molar refractivity (Wildman–Crippen MR) is 103 cm³/mol. The molecule has 2 atom stereocenters. The summed E-state index contributed by atoms with van der Waals surface area (Å²) < 4.78 is 34.0. The van der Waals surface area contributed by atoms with E-state index < -0.39 is 16.0 Å². The van der Waals surface area contributed by atoms with E-state index in [9.17, 15) is 18.0 Å². The number of amides is 1. The number of sulfonamides is 1. The number of benzene rings is 1. The van der Waals surface area contributed by atoms with Gasteiger partial charge in [-0.3, -0.25) is 9.48 Å². The van der Waals surface area contributed by atoms with E-state index in [4.69, 9.17) is 4.74 Å². The van der Waals surface area contributed by atoms with Crippen LogP contribution in [0.15, 0.2) is 47.6 Å². The van der Waals surface area contributed by atoms with Gasteiger partial charge in [-0.05, 0) is 49.6 Å². The van der Waals surface area contributed by atoms with Gasteiger partial charge in [0.2, 0.25) is 15.9 Å². The molecule has 1 aromatic carbocycles. The summed E-state index contributed by atoms with van der Waals surface area (Å²) >= 11 is 0. The first kappa shape index (κ1) is 19.6. The lowest BCUT2D eigenvalue weighted by atomic mass is 10.2. The summed E-state index contributed by atoms with van der Waals surface area (Å²) in [6, 6.07) is 7.48. The van der Waals surface area contributed by atoms with Gasteiger partial charge in [0.25, 0.3) is 0 Å². The van der Waals surface area contributed by atoms with E-state index in [0.717, 1.165) is 23.6 Å². The Kier molecular flexibility index (Phi) is 5.37. The highest BCUT2D eigenvalue weighted by Gasteiger charge is 2.33. The van der Waals surface area contributed by atoms with Crippen molar-refractivity contribution in [1.29, 1.82) is 0 Å². The number of aromatic nitrogens is 2. The second-order valence-corrected chi connectivity index (χ2v) is 9.08. The molecule has 0 bridgehead atoms. The highest BCUT2D eigenvalue weighted by molar-refractivity contribution is 7.89. The Hall–Kier alpha value is -2.72. The summed E-state index contributed by atoms with van der Waals surface area (Å²) in [6.45, 7) is 0.290. The number of carbonyl (C=O) groups excluding carboxylic acids is 2. The first-order valence-corrected chi connectivity index (χ1v) is 11.0. The fourth-order valence-electron chi connectivity index (χ4n) is 3.76. The van der Waals surface area contributed by atoms with Gasteiger partial charge in [-0.2, -0.15) is 9.40 Å².